The van der Waals surface area contributed by atoms with Crippen molar-refractivity contribution in [3.05, 3.63) is 35.4 Å². The molecule has 1 aromatic carbocycles. The molecule has 1 saturated heterocycles. The molecule has 2 unspecified atom stereocenters. The van der Waals surface area contributed by atoms with Crippen LogP contribution in [0.4, 0.5) is 0 Å². The minimum atomic E-state index is 0.0636. The fraction of sp³-hybridized carbons (Fsp3) is 0.588. The summed E-state index contributed by atoms with van der Waals surface area (Å²) in [6.45, 7) is 2.93. The first kappa shape index (κ1) is 13.6. The van der Waals surface area contributed by atoms with Gasteiger partial charge in [0.05, 0.1) is 6.04 Å². The van der Waals surface area contributed by atoms with E-state index in [2.05, 4.69) is 31.2 Å². The maximum Gasteiger partial charge on any atom is 0.223 e. The van der Waals surface area contributed by atoms with Crippen molar-refractivity contribution in [2.24, 2.45) is 5.73 Å². The molecule has 1 aliphatic carbocycles. The second-order valence-electron chi connectivity index (χ2n) is 6.18. The van der Waals surface area contributed by atoms with Crippen molar-refractivity contribution in [2.75, 3.05) is 6.54 Å². The van der Waals surface area contributed by atoms with Crippen molar-refractivity contribution in [1.82, 2.24) is 4.90 Å². The highest BCUT2D eigenvalue weighted by Gasteiger charge is 2.35. The largest absolute Gasteiger partial charge is 0.334 e. The average Bonchev–Trinajstić information content (AvgIpc) is 3.28. The molecule has 1 aliphatic heterocycles. The van der Waals surface area contributed by atoms with E-state index in [1.165, 1.54) is 24.0 Å². The summed E-state index contributed by atoms with van der Waals surface area (Å²) >= 11 is 0. The van der Waals surface area contributed by atoms with E-state index in [0.29, 0.717) is 6.42 Å². The van der Waals surface area contributed by atoms with Crippen LogP contribution in [-0.2, 0) is 4.79 Å². The Morgan fingerprint density at radius 1 is 1.25 bits per heavy atom. The molecule has 2 N–H and O–H groups in total. The van der Waals surface area contributed by atoms with Crippen molar-refractivity contribution in [1.29, 1.82) is 0 Å². The number of likely N-dealkylation sites (tertiary alicyclic amines) is 1. The number of nitrogens with two attached hydrogens (primary N) is 1. The fourth-order valence-corrected chi connectivity index (χ4v) is 3.32. The predicted octanol–water partition coefficient (Wildman–Crippen LogP) is 2.96. The minimum absolute atomic E-state index is 0.0636. The number of amides is 1. The van der Waals surface area contributed by atoms with Gasteiger partial charge in [-0.3, -0.25) is 4.79 Å². The Morgan fingerprint density at radius 3 is 2.70 bits per heavy atom. The van der Waals surface area contributed by atoms with Crippen LogP contribution in [-0.4, -0.2) is 23.4 Å². The van der Waals surface area contributed by atoms with Crippen LogP contribution in [0.1, 0.15) is 62.1 Å². The molecule has 108 valence electrons. The summed E-state index contributed by atoms with van der Waals surface area (Å²) in [5, 5.41) is 0. The lowest BCUT2D eigenvalue weighted by atomic mass is 9.89. The number of carbonyl (C=O) groups excluding carboxylic acids is 1. The van der Waals surface area contributed by atoms with E-state index in [1.807, 2.05) is 4.90 Å². The van der Waals surface area contributed by atoms with Crippen LogP contribution in [0.2, 0.25) is 0 Å². The van der Waals surface area contributed by atoms with Crippen LogP contribution in [0.5, 0.6) is 0 Å². The van der Waals surface area contributed by atoms with E-state index in [-0.39, 0.29) is 18.0 Å². The lowest BCUT2D eigenvalue weighted by molar-refractivity contribution is -0.137. The molecule has 0 spiro atoms. The lowest BCUT2D eigenvalue weighted by Gasteiger charge is -2.40. The van der Waals surface area contributed by atoms with E-state index in [0.717, 1.165) is 25.3 Å². The Morgan fingerprint density at radius 2 is 2.00 bits per heavy atom. The van der Waals surface area contributed by atoms with Crippen LogP contribution in [0.25, 0.3) is 0 Å². The molecule has 2 aliphatic rings. The second-order valence-corrected chi connectivity index (χ2v) is 6.18. The number of nitrogens with zero attached hydrogens (tertiary/aromatic N) is 1. The highest BCUT2D eigenvalue weighted by Crippen LogP contribution is 2.41. The first-order chi connectivity index (χ1) is 9.70. The SMILES string of the molecule is CCCN1C(=O)CCC(N)C1c1cccc(C2CC2)c1. The molecule has 3 heteroatoms. The zero-order chi connectivity index (χ0) is 14.1. The molecule has 2 fully saturated rings. The van der Waals surface area contributed by atoms with Crippen LogP contribution < -0.4 is 5.73 Å². The Balaban J connectivity index is 1.91. The van der Waals surface area contributed by atoms with E-state index in [4.69, 9.17) is 5.73 Å². The van der Waals surface area contributed by atoms with Gasteiger partial charge in [0.15, 0.2) is 0 Å². The maximum absolute atomic E-state index is 12.2. The summed E-state index contributed by atoms with van der Waals surface area (Å²) in [5.41, 5.74) is 8.99. The molecule has 3 nitrogen and oxygen atoms in total. The van der Waals surface area contributed by atoms with Gasteiger partial charge in [-0.05, 0) is 42.7 Å². The Bertz CT molecular complexity index is 496. The van der Waals surface area contributed by atoms with E-state index >= 15 is 0 Å². The number of carbonyl (C=O) groups is 1. The molecule has 0 aromatic heterocycles. The smallest absolute Gasteiger partial charge is 0.223 e. The zero-order valence-electron chi connectivity index (χ0n) is 12.2. The molecule has 0 radical (unpaired) electrons. The molecule has 1 aromatic rings. The van der Waals surface area contributed by atoms with Crippen LogP contribution in [0.3, 0.4) is 0 Å². The Hall–Kier alpha value is -1.35. The van der Waals surface area contributed by atoms with Crippen molar-refractivity contribution in [2.45, 2.75) is 57.0 Å². The van der Waals surface area contributed by atoms with Gasteiger partial charge in [0.2, 0.25) is 5.91 Å². The van der Waals surface area contributed by atoms with Gasteiger partial charge in [-0.25, -0.2) is 0 Å². The van der Waals surface area contributed by atoms with E-state index in [1.54, 1.807) is 0 Å². The summed E-state index contributed by atoms with van der Waals surface area (Å²) in [5.74, 6) is 1.00. The van der Waals surface area contributed by atoms with Crippen LogP contribution in [0, 0.1) is 0 Å². The summed E-state index contributed by atoms with van der Waals surface area (Å²) in [6, 6.07) is 8.88. The monoisotopic (exact) mass is 272 g/mol. The second kappa shape index (κ2) is 5.57. The number of piperidine rings is 1. The Labute approximate surface area is 121 Å². The van der Waals surface area contributed by atoms with Gasteiger partial charge < -0.3 is 10.6 Å². The molecule has 1 heterocycles. The Kier molecular flexibility index (Phi) is 3.79. The van der Waals surface area contributed by atoms with Crippen molar-refractivity contribution in [3.63, 3.8) is 0 Å². The quantitative estimate of drug-likeness (QED) is 0.916. The van der Waals surface area contributed by atoms with Crippen LogP contribution in [0.15, 0.2) is 24.3 Å². The highest BCUT2D eigenvalue weighted by atomic mass is 16.2. The normalized spacial score (nSPS) is 26.9. The minimum Gasteiger partial charge on any atom is -0.334 e. The molecule has 1 saturated carbocycles. The van der Waals surface area contributed by atoms with Gasteiger partial charge in [-0.2, -0.15) is 0 Å². The molecule has 1 amide bonds. The lowest BCUT2D eigenvalue weighted by Crippen LogP contribution is -2.49. The standard InChI is InChI=1S/C17H24N2O/c1-2-10-19-16(20)9-8-15(18)17(19)14-5-3-4-13(11-14)12-6-7-12/h3-5,11-12,15,17H,2,6-10,18H2,1H3. The number of rotatable bonds is 4. The van der Waals surface area contributed by atoms with Crippen molar-refractivity contribution in [3.8, 4) is 0 Å². The maximum atomic E-state index is 12.2. The van der Waals surface area contributed by atoms with Crippen molar-refractivity contribution >= 4 is 5.91 Å². The molecule has 20 heavy (non-hydrogen) atoms. The fourth-order valence-electron chi connectivity index (χ4n) is 3.32. The highest BCUT2D eigenvalue weighted by molar-refractivity contribution is 5.78. The summed E-state index contributed by atoms with van der Waals surface area (Å²) in [4.78, 5) is 14.2. The van der Waals surface area contributed by atoms with Gasteiger partial charge in [0.1, 0.15) is 0 Å². The average molecular weight is 272 g/mol. The third-order valence-electron chi connectivity index (χ3n) is 4.52. The zero-order valence-corrected chi connectivity index (χ0v) is 12.2. The first-order valence-electron chi connectivity index (χ1n) is 7.85. The first-order valence-corrected chi connectivity index (χ1v) is 7.85. The van der Waals surface area contributed by atoms with Gasteiger partial charge in [0, 0.05) is 19.0 Å². The third-order valence-corrected chi connectivity index (χ3v) is 4.52. The predicted molar refractivity (Wildman–Crippen MR) is 80.4 cm³/mol. The van der Waals surface area contributed by atoms with Gasteiger partial charge in [-0.1, -0.05) is 31.2 Å². The summed E-state index contributed by atoms with van der Waals surface area (Å²) in [6.07, 6.45) is 4.99. The number of benzene rings is 1. The van der Waals surface area contributed by atoms with Crippen LogP contribution >= 0.6 is 0 Å². The molecular weight excluding hydrogens is 248 g/mol. The number of hydrogen-bond acceptors (Lipinski definition) is 2. The molecule has 2 atom stereocenters. The summed E-state index contributed by atoms with van der Waals surface area (Å²) < 4.78 is 0. The third kappa shape index (κ3) is 2.59. The molecular formula is C17H24N2O. The molecule has 0 bridgehead atoms. The topological polar surface area (TPSA) is 46.3 Å². The van der Waals surface area contributed by atoms with Crippen molar-refractivity contribution < 1.29 is 4.79 Å². The number of hydrogen-bond donors (Lipinski definition) is 1. The van der Waals surface area contributed by atoms with Gasteiger partial charge >= 0.3 is 0 Å². The van der Waals surface area contributed by atoms with E-state index in [9.17, 15) is 4.79 Å². The summed E-state index contributed by atoms with van der Waals surface area (Å²) in [7, 11) is 0. The van der Waals surface area contributed by atoms with Gasteiger partial charge in [0.25, 0.3) is 0 Å². The van der Waals surface area contributed by atoms with E-state index < -0.39 is 0 Å². The molecule has 3 rings (SSSR count). The van der Waals surface area contributed by atoms with Gasteiger partial charge in [-0.15, -0.1) is 0 Å².